The minimum atomic E-state index is -1.58. The Balaban J connectivity index is 2.18. The van der Waals surface area contributed by atoms with Crippen molar-refractivity contribution < 1.29 is 43.7 Å². The van der Waals surface area contributed by atoms with E-state index >= 15 is 0 Å². The van der Waals surface area contributed by atoms with Crippen LogP contribution in [0.2, 0.25) is 0 Å². The van der Waals surface area contributed by atoms with Crippen LogP contribution in [0.25, 0.3) is 0 Å². The number of ether oxygens (including phenoxy) is 1. The van der Waals surface area contributed by atoms with E-state index in [0.29, 0.717) is 43.3 Å². The van der Waals surface area contributed by atoms with Crippen LogP contribution < -0.4 is 31.9 Å². The predicted octanol–water partition coefficient (Wildman–Crippen LogP) is 0.128. The van der Waals surface area contributed by atoms with Gasteiger partial charge in [0.1, 0.15) is 37.6 Å². The van der Waals surface area contributed by atoms with Gasteiger partial charge in [-0.3, -0.25) is 19.2 Å². The van der Waals surface area contributed by atoms with Gasteiger partial charge in [-0.15, -0.1) is 0 Å². The Kier molecular flexibility index (Phi) is 18.0. The standard InChI is InChI=1S/C34H48N6O9/c1-23(2)17-25(19-41)36-30(44)18-40(26-13-7-4-8-14-26)33(47)27(15-9-10-16-35)37-31(45)28(20-42)38-32(46)29(21-43)39-34(48)49-22-24-11-5-3-6-12-24/h3-8,11-14,19,23,25,27-29,42-43H,9-10,15-18,20-22,35H2,1-2H3,(H,36,44)(H,37,45)(H,38,46)(H,39,48)/t25-,27-,28-,29-/m0/s1. The summed E-state index contributed by atoms with van der Waals surface area (Å²) in [4.78, 5) is 78.3. The second kappa shape index (κ2) is 21.9. The third-order valence-corrected chi connectivity index (χ3v) is 7.25. The Morgan fingerprint density at radius 2 is 1.39 bits per heavy atom. The van der Waals surface area contributed by atoms with Crippen LogP contribution in [-0.4, -0.2) is 96.7 Å². The third-order valence-electron chi connectivity index (χ3n) is 7.25. The zero-order chi connectivity index (χ0) is 36.2. The van der Waals surface area contributed by atoms with Crippen molar-refractivity contribution >= 4 is 41.7 Å². The lowest BCUT2D eigenvalue weighted by Gasteiger charge is -2.29. The van der Waals surface area contributed by atoms with Gasteiger partial charge in [-0.05, 0) is 55.8 Å². The first-order valence-electron chi connectivity index (χ1n) is 16.1. The molecule has 0 aliphatic heterocycles. The van der Waals surface area contributed by atoms with Gasteiger partial charge in [-0.2, -0.15) is 0 Å². The molecule has 0 aromatic heterocycles. The number of carbonyl (C=O) groups excluding carboxylic acids is 6. The first-order valence-corrected chi connectivity index (χ1v) is 16.1. The molecule has 2 aromatic rings. The molecule has 0 unspecified atom stereocenters. The van der Waals surface area contributed by atoms with E-state index in [4.69, 9.17) is 10.5 Å². The number of carbonyl (C=O) groups is 6. The van der Waals surface area contributed by atoms with Gasteiger partial charge in [0.15, 0.2) is 0 Å². The SMILES string of the molecule is CC(C)C[C@@H](C=O)NC(=O)CN(C(=O)[C@H](CCCCN)NC(=O)[C@H](CO)NC(=O)[C@H](CO)NC(=O)OCc1ccccc1)c1ccccc1. The van der Waals surface area contributed by atoms with Gasteiger partial charge in [0, 0.05) is 5.69 Å². The summed E-state index contributed by atoms with van der Waals surface area (Å²) in [6, 6.07) is 12.0. The maximum Gasteiger partial charge on any atom is 0.408 e. The molecule has 0 fully saturated rings. The summed E-state index contributed by atoms with van der Waals surface area (Å²) in [6.45, 7) is 1.85. The number of hydrogen-bond acceptors (Lipinski definition) is 10. The molecule has 8 N–H and O–H groups in total. The highest BCUT2D eigenvalue weighted by atomic mass is 16.5. The van der Waals surface area contributed by atoms with Crippen molar-refractivity contribution in [2.24, 2.45) is 11.7 Å². The van der Waals surface area contributed by atoms with E-state index in [1.54, 1.807) is 60.7 Å². The number of aliphatic hydroxyl groups is 2. The average molecular weight is 685 g/mol. The van der Waals surface area contributed by atoms with E-state index < -0.39 is 73.6 Å². The van der Waals surface area contributed by atoms with E-state index in [1.165, 1.54) is 4.90 Å². The Labute approximate surface area is 285 Å². The number of rotatable bonds is 21. The molecule has 5 amide bonds. The van der Waals surface area contributed by atoms with Crippen LogP contribution in [0.4, 0.5) is 10.5 Å². The number of aldehydes is 1. The lowest BCUT2D eigenvalue weighted by Crippen LogP contribution is -2.59. The van der Waals surface area contributed by atoms with Crippen LogP contribution in [0.15, 0.2) is 60.7 Å². The number of para-hydroxylation sites is 1. The summed E-state index contributed by atoms with van der Waals surface area (Å²) in [5.41, 5.74) is 6.70. The normalized spacial score (nSPS) is 13.3. The number of benzene rings is 2. The molecule has 0 spiro atoms. The molecule has 15 nitrogen and oxygen atoms in total. The highest BCUT2D eigenvalue weighted by molar-refractivity contribution is 6.03. The highest BCUT2D eigenvalue weighted by Crippen LogP contribution is 2.17. The number of anilines is 1. The summed E-state index contributed by atoms with van der Waals surface area (Å²) in [5.74, 6) is -3.04. The van der Waals surface area contributed by atoms with Crippen molar-refractivity contribution in [2.45, 2.75) is 70.3 Å². The Morgan fingerprint density at radius 3 is 1.94 bits per heavy atom. The first kappa shape index (κ1) is 40.3. The van der Waals surface area contributed by atoms with Gasteiger partial charge in [-0.25, -0.2) is 4.79 Å². The van der Waals surface area contributed by atoms with Crippen molar-refractivity contribution in [3.63, 3.8) is 0 Å². The summed E-state index contributed by atoms with van der Waals surface area (Å²) >= 11 is 0. The molecule has 2 aromatic carbocycles. The molecule has 268 valence electrons. The number of amides is 5. The largest absolute Gasteiger partial charge is 0.445 e. The Morgan fingerprint density at radius 1 is 0.816 bits per heavy atom. The zero-order valence-electron chi connectivity index (χ0n) is 27.9. The van der Waals surface area contributed by atoms with E-state index in [1.807, 2.05) is 13.8 Å². The molecule has 49 heavy (non-hydrogen) atoms. The fraction of sp³-hybridized carbons (Fsp3) is 0.471. The van der Waals surface area contributed by atoms with Gasteiger partial charge in [-0.1, -0.05) is 62.4 Å². The minimum absolute atomic E-state index is 0.0923. The molecule has 0 aliphatic carbocycles. The van der Waals surface area contributed by atoms with Crippen LogP contribution in [0, 0.1) is 5.92 Å². The van der Waals surface area contributed by atoms with Gasteiger partial charge in [0.05, 0.1) is 19.3 Å². The summed E-state index contributed by atoms with van der Waals surface area (Å²) in [7, 11) is 0. The summed E-state index contributed by atoms with van der Waals surface area (Å²) in [6.07, 6.45) is 1.09. The van der Waals surface area contributed by atoms with Crippen molar-refractivity contribution in [3.8, 4) is 0 Å². The van der Waals surface area contributed by atoms with Crippen LogP contribution in [-0.2, 0) is 35.3 Å². The fourth-order valence-electron chi connectivity index (χ4n) is 4.73. The zero-order valence-corrected chi connectivity index (χ0v) is 27.9. The van der Waals surface area contributed by atoms with Gasteiger partial charge >= 0.3 is 6.09 Å². The first-order chi connectivity index (χ1) is 23.5. The van der Waals surface area contributed by atoms with Crippen LogP contribution >= 0.6 is 0 Å². The quantitative estimate of drug-likeness (QED) is 0.0694. The summed E-state index contributed by atoms with van der Waals surface area (Å²) < 4.78 is 5.08. The van der Waals surface area contributed by atoms with Crippen molar-refractivity contribution in [3.05, 3.63) is 66.2 Å². The Hall–Kier alpha value is -4.86. The topological polar surface area (TPSA) is 229 Å². The molecule has 4 atom stereocenters. The van der Waals surface area contributed by atoms with Crippen LogP contribution in [0.5, 0.6) is 0 Å². The number of hydrogen-bond donors (Lipinski definition) is 7. The second-order valence-corrected chi connectivity index (χ2v) is 11.7. The van der Waals surface area contributed by atoms with E-state index in [0.717, 1.165) is 0 Å². The molecule has 0 saturated heterocycles. The number of alkyl carbamates (subject to hydrolysis) is 1. The lowest BCUT2D eigenvalue weighted by molar-refractivity contribution is -0.133. The maximum atomic E-state index is 14.0. The Bertz CT molecular complexity index is 1350. The fourth-order valence-corrected chi connectivity index (χ4v) is 4.73. The number of unbranched alkanes of at least 4 members (excludes halogenated alkanes) is 1. The molecule has 0 saturated carbocycles. The molecular weight excluding hydrogens is 636 g/mol. The monoisotopic (exact) mass is 684 g/mol. The smallest absolute Gasteiger partial charge is 0.408 e. The molecular formula is C34H48N6O9. The number of aliphatic hydroxyl groups excluding tert-OH is 2. The number of nitrogens with two attached hydrogens (primary N) is 1. The van der Waals surface area contributed by atoms with Gasteiger partial charge < -0.3 is 51.6 Å². The second-order valence-electron chi connectivity index (χ2n) is 11.7. The summed E-state index contributed by atoms with van der Waals surface area (Å²) in [5, 5.41) is 29.4. The number of nitrogens with one attached hydrogen (secondary N) is 4. The molecule has 0 heterocycles. The maximum absolute atomic E-state index is 14.0. The lowest BCUT2D eigenvalue weighted by atomic mass is 10.0. The van der Waals surface area contributed by atoms with E-state index in [-0.39, 0.29) is 18.9 Å². The van der Waals surface area contributed by atoms with E-state index in [2.05, 4.69) is 21.3 Å². The highest BCUT2D eigenvalue weighted by Gasteiger charge is 2.32. The van der Waals surface area contributed by atoms with Crippen molar-refractivity contribution in [1.82, 2.24) is 21.3 Å². The molecule has 0 bridgehead atoms. The molecule has 2 rings (SSSR count). The van der Waals surface area contributed by atoms with Crippen molar-refractivity contribution in [1.29, 1.82) is 0 Å². The van der Waals surface area contributed by atoms with Crippen LogP contribution in [0.3, 0.4) is 0 Å². The predicted molar refractivity (Wildman–Crippen MR) is 181 cm³/mol. The van der Waals surface area contributed by atoms with Gasteiger partial charge in [0.2, 0.25) is 23.6 Å². The van der Waals surface area contributed by atoms with E-state index in [9.17, 15) is 39.0 Å². The minimum Gasteiger partial charge on any atom is -0.445 e. The molecule has 15 heteroatoms. The number of nitrogens with zero attached hydrogens (tertiary/aromatic N) is 1. The van der Waals surface area contributed by atoms with Crippen LogP contribution in [0.1, 0.15) is 45.1 Å². The molecule has 0 aliphatic rings. The third kappa shape index (κ3) is 14.4. The van der Waals surface area contributed by atoms with Crippen molar-refractivity contribution in [2.75, 3.05) is 31.2 Å². The molecule has 0 radical (unpaired) electrons. The van der Waals surface area contributed by atoms with Gasteiger partial charge in [0.25, 0.3) is 0 Å². The average Bonchev–Trinajstić information content (AvgIpc) is 3.10.